The predicted octanol–water partition coefficient (Wildman–Crippen LogP) is 1.69. The number of halogens is 1. The summed E-state index contributed by atoms with van der Waals surface area (Å²) in [7, 11) is -7.61. The first kappa shape index (κ1) is 18.2. The number of hydrogen-bond donors (Lipinski definition) is 1. The number of hydrogen-bond acceptors (Lipinski definition) is 5. The third-order valence-corrected chi connectivity index (χ3v) is 7.79. The van der Waals surface area contributed by atoms with Gasteiger partial charge in [0, 0.05) is 5.02 Å². The van der Waals surface area contributed by atoms with E-state index in [1.165, 1.54) is 24.3 Å². The molecule has 3 rings (SSSR count). The second kappa shape index (κ2) is 6.60. The van der Waals surface area contributed by atoms with E-state index in [-0.39, 0.29) is 4.90 Å². The molecule has 1 heterocycles. The van der Waals surface area contributed by atoms with Crippen LogP contribution in [-0.2, 0) is 19.9 Å². The highest BCUT2D eigenvalue weighted by molar-refractivity contribution is 7.93. The lowest BCUT2D eigenvalue weighted by atomic mass is 10.2. The Morgan fingerprint density at radius 2 is 1.60 bits per heavy atom. The van der Waals surface area contributed by atoms with Crippen molar-refractivity contribution >= 4 is 37.1 Å². The van der Waals surface area contributed by atoms with Crippen molar-refractivity contribution in [2.24, 2.45) is 0 Å². The summed E-state index contributed by atoms with van der Waals surface area (Å²) in [4.78, 5) is -0.0303. The normalized spacial score (nSPS) is 22.6. The molecule has 0 amide bonds. The van der Waals surface area contributed by atoms with E-state index in [2.05, 4.69) is 0 Å². The highest BCUT2D eigenvalue weighted by Crippen LogP contribution is 2.31. The molecule has 9 heteroatoms. The molecule has 0 spiro atoms. The number of sulfonamides is 1. The molecule has 2 aromatic carbocycles. The van der Waals surface area contributed by atoms with Gasteiger partial charge in [0.1, 0.15) is 0 Å². The van der Waals surface area contributed by atoms with Gasteiger partial charge in [-0.15, -0.1) is 0 Å². The zero-order valence-electron chi connectivity index (χ0n) is 13.0. The number of benzene rings is 2. The van der Waals surface area contributed by atoms with E-state index in [0.717, 1.165) is 4.31 Å². The largest absolute Gasteiger partial charge is 0.390 e. The Morgan fingerprint density at radius 1 is 1.00 bits per heavy atom. The molecular formula is C16H16ClNO5S2. The summed E-state index contributed by atoms with van der Waals surface area (Å²) in [6.45, 7) is 0. The van der Waals surface area contributed by atoms with Crippen LogP contribution in [-0.4, -0.2) is 45.6 Å². The molecule has 0 aromatic heterocycles. The summed E-state index contributed by atoms with van der Waals surface area (Å²) in [6, 6.07) is 12.6. The number of aliphatic hydroxyl groups excluding tert-OH is 1. The molecule has 134 valence electrons. The Hall–Kier alpha value is -1.61. The summed E-state index contributed by atoms with van der Waals surface area (Å²) in [6.07, 6.45) is -1.30. The molecule has 6 nitrogen and oxygen atoms in total. The molecular weight excluding hydrogens is 386 g/mol. The van der Waals surface area contributed by atoms with Crippen LogP contribution >= 0.6 is 11.6 Å². The number of aliphatic hydroxyl groups is 1. The number of anilines is 1. The Morgan fingerprint density at radius 3 is 2.12 bits per heavy atom. The number of para-hydroxylation sites is 1. The summed E-state index contributed by atoms with van der Waals surface area (Å²) >= 11 is 5.82. The van der Waals surface area contributed by atoms with E-state index in [1.807, 2.05) is 0 Å². The monoisotopic (exact) mass is 401 g/mol. The molecule has 0 unspecified atom stereocenters. The Kier molecular flexibility index (Phi) is 4.80. The van der Waals surface area contributed by atoms with Crippen molar-refractivity contribution in [1.82, 2.24) is 0 Å². The first-order chi connectivity index (χ1) is 11.7. The second-order valence-electron chi connectivity index (χ2n) is 5.80. The highest BCUT2D eigenvalue weighted by atomic mass is 35.5. The van der Waals surface area contributed by atoms with Crippen molar-refractivity contribution in [1.29, 1.82) is 0 Å². The van der Waals surface area contributed by atoms with Crippen LogP contribution in [0.2, 0.25) is 5.02 Å². The maximum atomic E-state index is 13.2. The number of rotatable bonds is 4. The van der Waals surface area contributed by atoms with E-state index in [1.54, 1.807) is 30.3 Å². The fourth-order valence-corrected chi connectivity index (χ4v) is 6.51. The molecule has 1 N–H and O–H groups in total. The van der Waals surface area contributed by atoms with Crippen LogP contribution in [0.5, 0.6) is 0 Å². The zero-order valence-corrected chi connectivity index (χ0v) is 15.4. The first-order valence-corrected chi connectivity index (χ1v) is 11.1. The lowest BCUT2D eigenvalue weighted by molar-refractivity contribution is 0.184. The van der Waals surface area contributed by atoms with Crippen molar-refractivity contribution in [3.63, 3.8) is 0 Å². The summed E-state index contributed by atoms with van der Waals surface area (Å²) < 4.78 is 51.1. The van der Waals surface area contributed by atoms with Crippen LogP contribution in [0.25, 0.3) is 0 Å². The fourth-order valence-electron chi connectivity index (χ4n) is 2.84. The van der Waals surface area contributed by atoms with Gasteiger partial charge in [-0.3, -0.25) is 4.31 Å². The SMILES string of the molecule is O=S1(=O)C[C@@H](O)[C@@H](N(c2ccccc2)S(=O)(=O)c2ccc(Cl)cc2)C1. The predicted molar refractivity (Wildman–Crippen MR) is 96.0 cm³/mol. The number of sulfone groups is 1. The quantitative estimate of drug-likeness (QED) is 0.841. The van der Waals surface area contributed by atoms with Gasteiger partial charge in [0.15, 0.2) is 9.84 Å². The summed E-state index contributed by atoms with van der Waals surface area (Å²) in [5, 5.41) is 10.6. The van der Waals surface area contributed by atoms with Crippen molar-refractivity contribution in [3.8, 4) is 0 Å². The smallest absolute Gasteiger partial charge is 0.264 e. The average Bonchev–Trinajstić information content (AvgIpc) is 2.81. The molecule has 1 aliphatic heterocycles. The van der Waals surface area contributed by atoms with Gasteiger partial charge >= 0.3 is 0 Å². The second-order valence-corrected chi connectivity index (χ2v) is 10.2. The fraction of sp³-hybridized carbons (Fsp3) is 0.250. The molecule has 2 aromatic rings. The van der Waals surface area contributed by atoms with Crippen LogP contribution in [0.4, 0.5) is 5.69 Å². The average molecular weight is 402 g/mol. The molecule has 1 aliphatic rings. The number of nitrogens with zero attached hydrogens (tertiary/aromatic N) is 1. The molecule has 1 fully saturated rings. The van der Waals surface area contributed by atoms with E-state index in [0.29, 0.717) is 10.7 Å². The minimum absolute atomic E-state index is 0.0303. The molecule has 0 aliphatic carbocycles. The molecule has 25 heavy (non-hydrogen) atoms. The van der Waals surface area contributed by atoms with Crippen molar-refractivity contribution < 1.29 is 21.9 Å². The van der Waals surface area contributed by atoms with Crippen molar-refractivity contribution in [3.05, 3.63) is 59.6 Å². The van der Waals surface area contributed by atoms with Crippen molar-refractivity contribution in [2.45, 2.75) is 17.0 Å². The van der Waals surface area contributed by atoms with Gasteiger partial charge in [0.25, 0.3) is 10.0 Å². The summed E-state index contributed by atoms with van der Waals surface area (Å²) in [5.41, 5.74) is 0.290. The molecule has 1 saturated heterocycles. The van der Waals surface area contributed by atoms with Gasteiger partial charge < -0.3 is 5.11 Å². The standard InChI is InChI=1S/C16H16ClNO5S2/c17-12-6-8-14(9-7-12)25(22,23)18(13-4-2-1-3-5-13)15-10-24(20,21)11-16(15)19/h1-9,15-16,19H,10-11H2/t15-,16+/m0/s1. The van der Waals surface area contributed by atoms with E-state index in [4.69, 9.17) is 11.6 Å². The zero-order chi connectivity index (χ0) is 18.2. The topological polar surface area (TPSA) is 91.8 Å². The Bertz CT molecular complexity index is 959. The maximum Gasteiger partial charge on any atom is 0.264 e. The van der Waals surface area contributed by atoms with Crippen LogP contribution in [0, 0.1) is 0 Å². The van der Waals surface area contributed by atoms with Crippen LogP contribution in [0.1, 0.15) is 0 Å². The van der Waals surface area contributed by atoms with Gasteiger partial charge in [-0.05, 0) is 36.4 Å². The van der Waals surface area contributed by atoms with Gasteiger partial charge in [-0.2, -0.15) is 0 Å². The van der Waals surface area contributed by atoms with Crippen LogP contribution in [0.15, 0.2) is 59.5 Å². The minimum atomic E-state index is -4.09. The van der Waals surface area contributed by atoms with E-state index in [9.17, 15) is 21.9 Å². The van der Waals surface area contributed by atoms with Crippen LogP contribution in [0.3, 0.4) is 0 Å². The van der Waals surface area contributed by atoms with Gasteiger partial charge in [-0.1, -0.05) is 29.8 Å². The lowest BCUT2D eigenvalue weighted by Gasteiger charge is -2.31. The first-order valence-electron chi connectivity index (χ1n) is 7.44. The molecule has 0 saturated carbocycles. The lowest BCUT2D eigenvalue weighted by Crippen LogP contribution is -2.47. The minimum Gasteiger partial charge on any atom is -0.390 e. The van der Waals surface area contributed by atoms with Gasteiger partial charge in [0.2, 0.25) is 0 Å². The van der Waals surface area contributed by atoms with E-state index < -0.39 is 43.5 Å². The molecule has 0 radical (unpaired) electrons. The summed E-state index contributed by atoms with van der Waals surface area (Å²) in [5.74, 6) is -0.896. The van der Waals surface area contributed by atoms with Crippen molar-refractivity contribution in [2.75, 3.05) is 15.8 Å². The van der Waals surface area contributed by atoms with Crippen LogP contribution < -0.4 is 4.31 Å². The molecule has 0 bridgehead atoms. The Balaban J connectivity index is 2.13. The van der Waals surface area contributed by atoms with Gasteiger partial charge in [0.05, 0.1) is 34.2 Å². The third kappa shape index (κ3) is 3.67. The van der Waals surface area contributed by atoms with Gasteiger partial charge in [-0.25, -0.2) is 16.8 Å². The molecule has 2 atom stereocenters. The Labute approximate surface area is 151 Å². The highest BCUT2D eigenvalue weighted by Gasteiger charge is 2.44. The third-order valence-electron chi connectivity index (χ3n) is 3.98. The maximum absolute atomic E-state index is 13.2. The van der Waals surface area contributed by atoms with E-state index >= 15 is 0 Å².